The van der Waals surface area contributed by atoms with Crippen LogP contribution in [0.15, 0.2) is 6.33 Å². The van der Waals surface area contributed by atoms with Crippen LogP contribution in [0.4, 0.5) is 0 Å². The molecule has 0 bridgehead atoms. The van der Waals surface area contributed by atoms with E-state index < -0.39 is 0 Å². The number of likely N-dealkylation sites (tertiary alicyclic amines) is 1. The quantitative estimate of drug-likeness (QED) is 0.713. The minimum Gasteiger partial charge on any atom is -0.319 e. The first-order valence-corrected chi connectivity index (χ1v) is 5.30. The molecule has 2 rings (SSSR count). The highest BCUT2D eigenvalue weighted by Crippen LogP contribution is 2.31. The molecule has 78 valence electrons. The van der Waals surface area contributed by atoms with Gasteiger partial charge in [0.15, 0.2) is 0 Å². The van der Waals surface area contributed by atoms with Gasteiger partial charge >= 0.3 is 0 Å². The van der Waals surface area contributed by atoms with E-state index in [1.807, 2.05) is 11.6 Å². The number of rotatable bonds is 2. The van der Waals surface area contributed by atoms with Crippen molar-refractivity contribution in [3.05, 3.63) is 12.2 Å². The van der Waals surface area contributed by atoms with Gasteiger partial charge in [0.05, 0.1) is 6.04 Å². The fraction of sp³-hybridized carbons (Fsp3) is 0.800. The largest absolute Gasteiger partial charge is 0.319 e. The van der Waals surface area contributed by atoms with Crippen molar-refractivity contribution in [2.24, 2.45) is 7.05 Å². The maximum Gasteiger partial charge on any atom is 0.149 e. The Morgan fingerprint density at radius 3 is 2.86 bits per heavy atom. The minimum absolute atomic E-state index is 0.475. The zero-order valence-electron chi connectivity index (χ0n) is 9.14. The maximum absolute atomic E-state index is 4.20. The van der Waals surface area contributed by atoms with Crippen LogP contribution >= 0.6 is 0 Å². The van der Waals surface area contributed by atoms with Crippen molar-refractivity contribution in [1.29, 1.82) is 0 Å². The van der Waals surface area contributed by atoms with E-state index in [9.17, 15) is 0 Å². The second-order valence-electron chi connectivity index (χ2n) is 4.29. The highest BCUT2D eigenvalue weighted by atomic mass is 15.3. The molecule has 1 aliphatic heterocycles. The Kier molecular flexibility index (Phi) is 2.54. The Morgan fingerprint density at radius 2 is 2.29 bits per heavy atom. The lowest BCUT2D eigenvalue weighted by Crippen LogP contribution is -2.31. The fourth-order valence-corrected chi connectivity index (χ4v) is 2.28. The van der Waals surface area contributed by atoms with Gasteiger partial charge in [-0.2, -0.15) is 0 Å². The van der Waals surface area contributed by atoms with Crippen molar-refractivity contribution in [2.75, 3.05) is 6.54 Å². The van der Waals surface area contributed by atoms with E-state index in [1.165, 1.54) is 19.4 Å². The molecule has 1 saturated heterocycles. The van der Waals surface area contributed by atoms with Crippen LogP contribution in [0, 0.1) is 0 Å². The molecule has 0 aromatic carbocycles. The lowest BCUT2D eigenvalue weighted by atomic mass is 10.2. The predicted molar refractivity (Wildman–Crippen MR) is 54.8 cm³/mol. The zero-order valence-corrected chi connectivity index (χ0v) is 9.14. The van der Waals surface area contributed by atoms with Crippen LogP contribution in [0.3, 0.4) is 0 Å². The number of hydrogen-bond donors (Lipinski definition) is 0. The van der Waals surface area contributed by atoms with E-state index >= 15 is 0 Å². The van der Waals surface area contributed by atoms with E-state index in [0.717, 1.165) is 5.82 Å². The molecule has 4 heteroatoms. The molecule has 0 saturated carbocycles. The van der Waals surface area contributed by atoms with Crippen molar-refractivity contribution < 1.29 is 0 Å². The summed E-state index contributed by atoms with van der Waals surface area (Å²) in [6, 6.07) is 1.07. The molecular formula is C10H18N4. The van der Waals surface area contributed by atoms with Crippen LogP contribution < -0.4 is 0 Å². The number of hydrogen-bond acceptors (Lipinski definition) is 3. The van der Waals surface area contributed by atoms with Gasteiger partial charge in [-0.25, -0.2) is 0 Å². The molecule has 4 nitrogen and oxygen atoms in total. The van der Waals surface area contributed by atoms with E-state index in [0.29, 0.717) is 12.1 Å². The van der Waals surface area contributed by atoms with Gasteiger partial charge in [-0.3, -0.25) is 4.90 Å². The molecule has 14 heavy (non-hydrogen) atoms. The SMILES string of the molecule is CC(C)N1CCCC1c1nncn1C. The van der Waals surface area contributed by atoms with Crippen LogP contribution in [-0.4, -0.2) is 32.3 Å². The van der Waals surface area contributed by atoms with Gasteiger partial charge in [-0.1, -0.05) is 0 Å². The lowest BCUT2D eigenvalue weighted by molar-refractivity contribution is 0.196. The normalized spacial score (nSPS) is 23.6. The average Bonchev–Trinajstić information content (AvgIpc) is 2.70. The Morgan fingerprint density at radius 1 is 1.50 bits per heavy atom. The van der Waals surface area contributed by atoms with Crippen molar-refractivity contribution in [1.82, 2.24) is 19.7 Å². The summed E-state index contributed by atoms with van der Waals surface area (Å²) in [6.45, 7) is 5.68. The van der Waals surface area contributed by atoms with Crippen LogP contribution in [0.2, 0.25) is 0 Å². The molecule has 1 fully saturated rings. The molecule has 2 heterocycles. The third-order valence-electron chi connectivity index (χ3n) is 3.00. The summed E-state index contributed by atoms with van der Waals surface area (Å²) in [7, 11) is 2.02. The first-order chi connectivity index (χ1) is 6.70. The van der Waals surface area contributed by atoms with Gasteiger partial charge in [0, 0.05) is 13.1 Å². The van der Waals surface area contributed by atoms with E-state index in [4.69, 9.17) is 0 Å². The van der Waals surface area contributed by atoms with E-state index in [1.54, 1.807) is 6.33 Å². The van der Waals surface area contributed by atoms with Crippen molar-refractivity contribution in [3.63, 3.8) is 0 Å². The zero-order chi connectivity index (χ0) is 10.1. The smallest absolute Gasteiger partial charge is 0.149 e. The molecule has 1 aromatic rings. The third kappa shape index (κ3) is 1.54. The number of aromatic nitrogens is 3. The van der Waals surface area contributed by atoms with Crippen LogP contribution in [0.5, 0.6) is 0 Å². The van der Waals surface area contributed by atoms with Gasteiger partial charge in [0.25, 0.3) is 0 Å². The summed E-state index contributed by atoms with van der Waals surface area (Å²) in [5, 5.41) is 8.15. The van der Waals surface area contributed by atoms with Crippen LogP contribution in [0.1, 0.15) is 38.6 Å². The lowest BCUT2D eigenvalue weighted by Gasteiger charge is -2.27. The van der Waals surface area contributed by atoms with E-state index in [-0.39, 0.29) is 0 Å². The van der Waals surface area contributed by atoms with Crippen molar-refractivity contribution >= 4 is 0 Å². The second kappa shape index (κ2) is 3.69. The van der Waals surface area contributed by atoms with Gasteiger partial charge in [-0.05, 0) is 33.2 Å². The van der Waals surface area contributed by atoms with Gasteiger partial charge in [0.1, 0.15) is 12.2 Å². The standard InChI is InChI=1S/C10H18N4/c1-8(2)14-6-4-5-9(14)10-12-11-7-13(10)3/h7-9H,4-6H2,1-3H3. The monoisotopic (exact) mass is 194 g/mol. The highest BCUT2D eigenvalue weighted by molar-refractivity contribution is 4.99. The van der Waals surface area contributed by atoms with Crippen molar-refractivity contribution in [2.45, 2.75) is 38.8 Å². The van der Waals surface area contributed by atoms with E-state index in [2.05, 4.69) is 28.9 Å². The maximum atomic E-state index is 4.20. The molecule has 1 aromatic heterocycles. The molecule has 1 aliphatic rings. The summed E-state index contributed by atoms with van der Waals surface area (Å²) >= 11 is 0. The Bertz CT molecular complexity index is 305. The summed E-state index contributed by atoms with van der Waals surface area (Å²) in [5.41, 5.74) is 0. The van der Waals surface area contributed by atoms with Gasteiger partial charge < -0.3 is 4.57 Å². The summed E-state index contributed by atoms with van der Waals surface area (Å²) < 4.78 is 2.03. The summed E-state index contributed by atoms with van der Waals surface area (Å²) in [5.74, 6) is 1.11. The van der Waals surface area contributed by atoms with Crippen LogP contribution in [0.25, 0.3) is 0 Å². The molecule has 0 N–H and O–H groups in total. The molecule has 0 spiro atoms. The van der Waals surface area contributed by atoms with Crippen molar-refractivity contribution in [3.8, 4) is 0 Å². The molecule has 0 radical (unpaired) electrons. The molecule has 0 aliphatic carbocycles. The Balaban J connectivity index is 2.22. The van der Waals surface area contributed by atoms with Gasteiger partial charge in [-0.15, -0.1) is 10.2 Å². The topological polar surface area (TPSA) is 34.0 Å². The summed E-state index contributed by atoms with van der Waals surface area (Å²) in [6.07, 6.45) is 4.27. The average molecular weight is 194 g/mol. The molecule has 1 unspecified atom stereocenters. The Hall–Kier alpha value is -0.900. The molecule has 1 atom stereocenters. The first-order valence-electron chi connectivity index (χ1n) is 5.30. The predicted octanol–water partition coefficient (Wildman–Crippen LogP) is 1.36. The second-order valence-corrected chi connectivity index (χ2v) is 4.29. The summed E-state index contributed by atoms with van der Waals surface area (Å²) in [4.78, 5) is 2.50. The minimum atomic E-state index is 0.475. The van der Waals surface area contributed by atoms with Crippen LogP contribution in [-0.2, 0) is 7.05 Å². The number of aryl methyl sites for hydroxylation is 1. The highest BCUT2D eigenvalue weighted by Gasteiger charge is 2.30. The fourth-order valence-electron chi connectivity index (χ4n) is 2.28. The first kappa shape index (κ1) is 9.65. The van der Waals surface area contributed by atoms with Gasteiger partial charge in [0.2, 0.25) is 0 Å². The molecule has 0 amide bonds. The Labute approximate surface area is 84.9 Å². The number of nitrogens with zero attached hydrogens (tertiary/aromatic N) is 4. The third-order valence-corrected chi connectivity index (χ3v) is 3.00. The molecular weight excluding hydrogens is 176 g/mol.